The summed E-state index contributed by atoms with van der Waals surface area (Å²) in [6.45, 7) is 0.373. The Labute approximate surface area is 174 Å². The highest BCUT2D eigenvalue weighted by Crippen LogP contribution is 2.38. The number of aromatic hydroxyl groups is 1. The molecule has 0 amide bonds. The van der Waals surface area contributed by atoms with Crippen molar-refractivity contribution in [3.8, 4) is 29.4 Å². The summed E-state index contributed by atoms with van der Waals surface area (Å²) in [5, 5.41) is 28.2. The number of phenols is 1. The maximum absolute atomic E-state index is 12.7. The molecule has 0 fully saturated rings. The zero-order chi connectivity index (χ0) is 21.5. The van der Waals surface area contributed by atoms with Gasteiger partial charge >= 0.3 is 0 Å². The normalized spacial score (nSPS) is 13.9. The van der Waals surface area contributed by atoms with Crippen LogP contribution in [-0.4, -0.2) is 31.1 Å². The van der Waals surface area contributed by atoms with Crippen LogP contribution >= 0.6 is 0 Å². The molecule has 0 aromatic heterocycles. The van der Waals surface area contributed by atoms with Crippen LogP contribution in [0, 0.1) is 22.7 Å². The summed E-state index contributed by atoms with van der Waals surface area (Å²) in [5.41, 5.74) is 1.59. The molecule has 7 heteroatoms. The molecule has 0 bridgehead atoms. The topological polar surface area (TPSA) is 108 Å². The van der Waals surface area contributed by atoms with Crippen molar-refractivity contribution in [2.45, 2.75) is 6.54 Å². The number of Topliss-reactive ketones (excluding diaryl/α,β-unsaturated/α-hetero) is 1. The lowest BCUT2D eigenvalue weighted by Gasteiger charge is -2.15. The third-order valence-electron chi connectivity index (χ3n) is 4.66. The molecule has 0 saturated carbocycles. The predicted molar refractivity (Wildman–Crippen MR) is 109 cm³/mol. The van der Waals surface area contributed by atoms with Crippen LogP contribution in [0.5, 0.6) is 17.2 Å². The van der Waals surface area contributed by atoms with Gasteiger partial charge in [0.2, 0.25) is 5.78 Å². The first-order chi connectivity index (χ1) is 14.6. The fourth-order valence-corrected chi connectivity index (χ4v) is 3.19. The van der Waals surface area contributed by atoms with Gasteiger partial charge in [0, 0.05) is 5.56 Å². The standard InChI is InChI=1S/C23H19N3O4/c1-29-20-7-3-2-5-16(20)6-4-8-21-22(28)17-9-10-19(27)18(23(17)30-21)15-26(13-11-24)14-12-25/h2-10,27H,13-15H2,1H3/p+1/b6-4+,21-8+. The molecule has 1 heterocycles. The van der Waals surface area contributed by atoms with E-state index in [0.717, 1.165) is 5.56 Å². The number of para-hydroxylation sites is 1. The molecule has 2 aromatic rings. The van der Waals surface area contributed by atoms with Gasteiger partial charge in [-0.05, 0) is 24.3 Å². The molecule has 30 heavy (non-hydrogen) atoms. The molecule has 1 aliphatic rings. The molecule has 150 valence electrons. The fraction of sp³-hybridized carbons (Fsp3) is 0.174. The highest BCUT2D eigenvalue weighted by molar-refractivity contribution is 6.12. The Morgan fingerprint density at radius 3 is 2.60 bits per heavy atom. The van der Waals surface area contributed by atoms with E-state index in [4.69, 9.17) is 20.0 Å². The summed E-state index contributed by atoms with van der Waals surface area (Å²) < 4.78 is 11.1. The average Bonchev–Trinajstić information content (AvgIpc) is 3.06. The number of nitrogens with zero attached hydrogens (tertiary/aromatic N) is 2. The number of fused-ring (bicyclic) bond motifs is 1. The van der Waals surface area contributed by atoms with E-state index in [1.165, 1.54) is 12.1 Å². The molecule has 7 nitrogen and oxygen atoms in total. The highest BCUT2D eigenvalue weighted by atomic mass is 16.5. The van der Waals surface area contributed by atoms with Gasteiger partial charge in [0.1, 0.15) is 30.2 Å². The molecule has 0 radical (unpaired) electrons. The van der Waals surface area contributed by atoms with Gasteiger partial charge in [0.15, 0.2) is 24.6 Å². The highest BCUT2D eigenvalue weighted by Gasteiger charge is 2.32. The van der Waals surface area contributed by atoms with Crippen molar-refractivity contribution in [2.75, 3.05) is 20.2 Å². The number of hydrogen-bond donors (Lipinski definition) is 2. The van der Waals surface area contributed by atoms with Crippen molar-refractivity contribution in [3.63, 3.8) is 0 Å². The van der Waals surface area contributed by atoms with Crippen LogP contribution in [0.4, 0.5) is 0 Å². The first-order valence-electron chi connectivity index (χ1n) is 9.25. The first kappa shape index (κ1) is 20.7. The van der Waals surface area contributed by atoms with Gasteiger partial charge < -0.3 is 19.5 Å². The molecular weight excluding hydrogens is 382 g/mol. The number of carbonyl (C=O) groups is 1. The van der Waals surface area contributed by atoms with Crippen LogP contribution in [0.2, 0.25) is 0 Å². The minimum absolute atomic E-state index is 0.0410. The van der Waals surface area contributed by atoms with Crippen LogP contribution in [0.25, 0.3) is 6.08 Å². The summed E-state index contributed by atoms with van der Waals surface area (Å²) in [7, 11) is 1.59. The van der Waals surface area contributed by atoms with Gasteiger partial charge in [-0.1, -0.05) is 30.4 Å². The van der Waals surface area contributed by atoms with Crippen molar-refractivity contribution in [1.82, 2.24) is 0 Å². The summed E-state index contributed by atoms with van der Waals surface area (Å²) in [6.07, 6.45) is 5.06. The summed E-state index contributed by atoms with van der Waals surface area (Å²) in [6, 6.07) is 14.5. The largest absolute Gasteiger partial charge is 0.507 e. The van der Waals surface area contributed by atoms with Crippen molar-refractivity contribution in [2.24, 2.45) is 0 Å². The molecule has 2 aromatic carbocycles. The Bertz CT molecular complexity index is 1090. The maximum atomic E-state index is 12.7. The Balaban J connectivity index is 1.87. The van der Waals surface area contributed by atoms with E-state index >= 15 is 0 Å². The second-order valence-corrected chi connectivity index (χ2v) is 6.60. The minimum Gasteiger partial charge on any atom is -0.507 e. The van der Waals surface area contributed by atoms with Gasteiger partial charge in [-0.25, -0.2) is 0 Å². The third-order valence-corrected chi connectivity index (χ3v) is 4.66. The SMILES string of the molecule is COc1ccccc1/C=C/C=C1/Oc2c(ccc(O)c2C[NH+](CC#N)CC#N)C1=O. The lowest BCUT2D eigenvalue weighted by atomic mass is 10.0. The molecule has 2 N–H and O–H groups in total. The van der Waals surface area contributed by atoms with Crippen LogP contribution in [0.15, 0.2) is 54.3 Å². The Morgan fingerprint density at radius 1 is 1.17 bits per heavy atom. The lowest BCUT2D eigenvalue weighted by Crippen LogP contribution is -3.10. The number of nitriles is 2. The van der Waals surface area contributed by atoms with Gasteiger partial charge in [-0.2, -0.15) is 10.5 Å². The van der Waals surface area contributed by atoms with E-state index in [0.29, 0.717) is 21.8 Å². The van der Waals surface area contributed by atoms with E-state index in [1.807, 2.05) is 36.4 Å². The van der Waals surface area contributed by atoms with E-state index in [9.17, 15) is 9.90 Å². The van der Waals surface area contributed by atoms with Gasteiger partial charge in [0.05, 0.1) is 18.2 Å². The van der Waals surface area contributed by atoms with Gasteiger partial charge in [0.25, 0.3) is 0 Å². The number of methoxy groups -OCH3 is 1. The van der Waals surface area contributed by atoms with Crippen LogP contribution < -0.4 is 14.4 Å². The molecule has 0 saturated heterocycles. The van der Waals surface area contributed by atoms with Crippen molar-refractivity contribution < 1.29 is 24.3 Å². The first-order valence-corrected chi connectivity index (χ1v) is 9.25. The molecule has 0 aliphatic carbocycles. The quantitative estimate of drug-likeness (QED) is 0.542. The number of ketones is 1. The molecule has 0 unspecified atom stereocenters. The monoisotopic (exact) mass is 402 g/mol. The smallest absolute Gasteiger partial charge is 0.231 e. The number of hydrogen-bond acceptors (Lipinski definition) is 6. The molecule has 0 atom stereocenters. The number of ether oxygens (including phenoxy) is 2. The van der Waals surface area contributed by atoms with E-state index in [1.54, 1.807) is 25.3 Å². The van der Waals surface area contributed by atoms with Crippen LogP contribution in [0.3, 0.4) is 0 Å². The second kappa shape index (κ2) is 9.42. The number of nitrogens with one attached hydrogen (secondary N) is 1. The Hall–Kier alpha value is -4.07. The predicted octanol–water partition coefficient (Wildman–Crippen LogP) is 2.01. The molecular formula is C23H20N3O4+. The summed E-state index contributed by atoms with van der Waals surface area (Å²) in [5.74, 6) is 0.772. The lowest BCUT2D eigenvalue weighted by molar-refractivity contribution is -0.899. The fourth-order valence-electron chi connectivity index (χ4n) is 3.19. The zero-order valence-corrected chi connectivity index (χ0v) is 16.4. The number of phenolic OH excluding ortho intramolecular Hbond substituents is 1. The Morgan fingerprint density at radius 2 is 1.90 bits per heavy atom. The van der Waals surface area contributed by atoms with Crippen molar-refractivity contribution in [3.05, 3.63) is 71.0 Å². The Kier molecular flexibility index (Phi) is 6.49. The van der Waals surface area contributed by atoms with Gasteiger partial charge in [-0.15, -0.1) is 0 Å². The summed E-state index contributed by atoms with van der Waals surface area (Å²) >= 11 is 0. The van der Waals surface area contributed by atoms with Crippen molar-refractivity contribution in [1.29, 1.82) is 10.5 Å². The zero-order valence-electron chi connectivity index (χ0n) is 16.4. The third kappa shape index (κ3) is 4.33. The number of rotatable bonds is 7. The average molecular weight is 402 g/mol. The number of benzene rings is 2. The molecule has 0 spiro atoms. The summed E-state index contributed by atoms with van der Waals surface area (Å²) in [4.78, 5) is 13.4. The number of allylic oxidation sites excluding steroid dienone is 3. The second-order valence-electron chi connectivity index (χ2n) is 6.60. The molecule has 1 aliphatic heterocycles. The van der Waals surface area contributed by atoms with Gasteiger partial charge in [-0.3, -0.25) is 4.79 Å². The minimum atomic E-state index is -0.293. The number of quaternary nitrogens is 1. The van der Waals surface area contributed by atoms with Crippen molar-refractivity contribution >= 4 is 11.9 Å². The van der Waals surface area contributed by atoms with Crippen LogP contribution in [-0.2, 0) is 6.54 Å². The van der Waals surface area contributed by atoms with Crippen LogP contribution in [0.1, 0.15) is 21.5 Å². The van der Waals surface area contributed by atoms with E-state index in [2.05, 4.69) is 0 Å². The molecule has 3 rings (SSSR count). The van der Waals surface area contributed by atoms with E-state index in [-0.39, 0.29) is 42.7 Å². The maximum Gasteiger partial charge on any atom is 0.231 e. The number of carbonyl (C=O) groups excluding carboxylic acids is 1. The van der Waals surface area contributed by atoms with E-state index < -0.39 is 0 Å².